The highest BCUT2D eigenvalue weighted by molar-refractivity contribution is 7.93. The number of rotatable bonds is 14. The van der Waals surface area contributed by atoms with Crippen molar-refractivity contribution in [3.63, 3.8) is 0 Å². The van der Waals surface area contributed by atoms with Crippen molar-refractivity contribution in [2.45, 2.75) is 67.3 Å². The molecule has 1 fully saturated rings. The van der Waals surface area contributed by atoms with Gasteiger partial charge in [0.1, 0.15) is 24.3 Å². The first kappa shape index (κ1) is 31.8. The standard InChI is InChI=1S/C36H39N5O4S2/c37-23-26-22-28(47(42,43)40-35-38-25-39-46-35)12-13-34(26)45-27(24-44-21-7-20-41-18-5-6-19-41)14-16-36-17-15-29(30-8-1-3-10-32(30)36)31-9-2-4-11-33(31)36/h1-4,8-13,22,25,27,29H,5-7,14-21,24H2,(H,38,39,40). The molecule has 0 spiro atoms. The number of ether oxygens (including phenoxy) is 2. The number of nitrogens with zero attached hydrogens (tertiary/aromatic N) is 4. The fraction of sp³-hybridized carbons (Fsp3) is 0.417. The van der Waals surface area contributed by atoms with Crippen molar-refractivity contribution in [1.82, 2.24) is 14.3 Å². The van der Waals surface area contributed by atoms with Crippen LogP contribution in [0.5, 0.6) is 5.75 Å². The molecule has 47 heavy (non-hydrogen) atoms. The molecule has 1 N–H and O–H groups in total. The van der Waals surface area contributed by atoms with Gasteiger partial charge in [0, 0.05) is 36.0 Å². The summed E-state index contributed by atoms with van der Waals surface area (Å²) in [4.78, 5) is 6.35. The lowest BCUT2D eigenvalue weighted by Gasteiger charge is -2.50. The average Bonchev–Trinajstić information content (AvgIpc) is 3.82. The van der Waals surface area contributed by atoms with Crippen molar-refractivity contribution >= 4 is 26.7 Å². The van der Waals surface area contributed by atoms with Crippen LogP contribution in [0.3, 0.4) is 0 Å². The molecule has 0 amide bonds. The Morgan fingerprint density at radius 1 is 1.06 bits per heavy atom. The van der Waals surface area contributed by atoms with Crippen LogP contribution in [0, 0.1) is 11.3 Å². The van der Waals surface area contributed by atoms with E-state index in [-0.39, 0.29) is 27.1 Å². The van der Waals surface area contributed by atoms with Crippen molar-refractivity contribution in [3.05, 3.63) is 101 Å². The number of hydrogen-bond acceptors (Lipinski definition) is 9. The molecule has 3 aliphatic carbocycles. The van der Waals surface area contributed by atoms with Crippen molar-refractivity contribution in [2.75, 3.05) is 37.6 Å². The quantitative estimate of drug-likeness (QED) is 0.152. The Bertz CT molecular complexity index is 1800. The lowest BCUT2D eigenvalue weighted by molar-refractivity contribution is 0.0382. The first-order valence-electron chi connectivity index (χ1n) is 16.5. The van der Waals surface area contributed by atoms with E-state index in [9.17, 15) is 13.7 Å². The highest BCUT2D eigenvalue weighted by Crippen LogP contribution is 2.58. The maximum atomic E-state index is 13.0. The number of anilines is 1. The Morgan fingerprint density at radius 2 is 1.81 bits per heavy atom. The van der Waals surface area contributed by atoms with Gasteiger partial charge in [-0.1, -0.05) is 48.5 Å². The van der Waals surface area contributed by atoms with Gasteiger partial charge in [-0.25, -0.2) is 13.4 Å². The van der Waals surface area contributed by atoms with Crippen LogP contribution in [0.25, 0.3) is 0 Å². The molecular weight excluding hydrogens is 631 g/mol. The number of aromatic nitrogens is 2. The van der Waals surface area contributed by atoms with Gasteiger partial charge in [0.05, 0.1) is 17.1 Å². The number of hydrogen-bond donors (Lipinski definition) is 1. The summed E-state index contributed by atoms with van der Waals surface area (Å²) in [5.41, 5.74) is 5.71. The third-order valence-corrected chi connectivity index (χ3v) is 12.0. The summed E-state index contributed by atoms with van der Waals surface area (Å²) in [6.45, 7) is 4.37. The minimum absolute atomic E-state index is 0.0441. The maximum absolute atomic E-state index is 13.0. The Kier molecular flexibility index (Phi) is 9.28. The molecule has 8 rings (SSSR count). The van der Waals surface area contributed by atoms with Gasteiger partial charge in [-0.2, -0.15) is 9.64 Å². The second-order valence-corrected chi connectivity index (χ2v) is 15.2. The highest BCUT2D eigenvalue weighted by Gasteiger charge is 2.47. The van der Waals surface area contributed by atoms with Gasteiger partial charge in [0.25, 0.3) is 10.0 Å². The third kappa shape index (κ3) is 6.52. The normalized spacial score (nSPS) is 20.7. The summed E-state index contributed by atoms with van der Waals surface area (Å²) in [5, 5.41) is 10.2. The average molecular weight is 670 g/mol. The third-order valence-electron chi connectivity index (χ3n) is 9.98. The van der Waals surface area contributed by atoms with Gasteiger partial charge >= 0.3 is 0 Å². The topological polar surface area (TPSA) is 117 Å². The second kappa shape index (κ2) is 13.7. The zero-order valence-electron chi connectivity index (χ0n) is 26.3. The largest absolute Gasteiger partial charge is 0.487 e. The molecule has 2 bridgehead atoms. The maximum Gasteiger partial charge on any atom is 0.263 e. The van der Waals surface area contributed by atoms with E-state index in [0.717, 1.165) is 56.9 Å². The number of sulfonamides is 1. The molecule has 11 heteroatoms. The molecule has 0 radical (unpaired) electrons. The summed E-state index contributed by atoms with van der Waals surface area (Å²) < 4.78 is 45.1. The zero-order chi connectivity index (χ0) is 32.3. The predicted molar refractivity (Wildman–Crippen MR) is 181 cm³/mol. The van der Waals surface area contributed by atoms with Gasteiger partial charge in [-0.05, 0) is 98.5 Å². The van der Waals surface area contributed by atoms with Crippen molar-refractivity contribution in [1.29, 1.82) is 5.26 Å². The SMILES string of the molecule is N#Cc1cc(S(=O)(=O)Nc2ncns2)ccc1OC(CCC12CCC(c3ccccc31)c1ccccc12)COCCCN1CCCC1. The Morgan fingerprint density at radius 3 is 2.51 bits per heavy atom. The van der Waals surface area contributed by atoms with Gasteiger partial charge in [-0.3, -0.25) is 4.72 Å². The molecule has 9 nitrogen and oxygen atoms in total. The minimum atomic E-state index is -3.95. The van der Waals surface area contributed by atoms with E-state index in [1.54, 1.807) is 6.07 Å². The monoisotopic (exact) mass is 669 g/mol. The molecule has 244 valence electrons. The van der Waals surface area contributed by atoms with Gasteiger partial charge in [0.2, 0.25) is 5.13 Å². The molecule has 1 unspecified atom stereocenters. The molecular formula is C36H39N5O4S2. The van der Waals surface area contributed by atoms with Crippen molar-refractivity contribution in [2.24, 2.45) is 0 Å². The second-order valence-electron chi connectivity index (χ2n) is 12.7. The summed E-state index contributed by atoms with van der Waals surface area (Å²) in [5.74, 6) is 0.781. The van der Waals surface area contributed by atoms with Crippen molar-refractivity contribution in [3.8, 4) is 11.8 Å². The van der Waals surface area contributed by atoms with E-state index < -0.39 is 10.0 Å². The van der Waals surface area contributed by atoms with Gasteiger partial charge in [-0.15, -0.1) is 0 Å². The van der Waals surface area contributed by atoms with E-state index in [1.165, 1.54) is 53.6 Å². The number of fused-ring (bicyclic) bond motifs is 1. The molecule has 1 saturated heterocycles. The van der Waals surface area contributed by atoms with Crippen molar-refractivity contribution < 1.29 is 17.9 Å². The molecule has 0 saturated carbocycles. The first-order chi connectivity index (χ1) is 23.0. The summed E-state index contributed by atoms with van der Waals surface area (Å²) in [6, 6.07) is 24.3. The lowest BCUT2D eigenvalue weighted by Crippen LogP contribution is -2.41. The minimum Gasteiger partial charge on any atom is -0.487 e. The van der Waals surface area contributed by atoms with E-state index in [1.807, 2.05) is 0 Å². The number of nitriles is 1. The molecule has 1 aromatic heterocycles. The highest BCUT2D eigenvalue weighted by atomic mass is 32.2. The van der Waals surface area contributed by atoms with Gasteiger partial charge in [0.15, 0.2) is 0 Å². The Hall–Kier alpha value is -3.82. The zero-order valence-corrected chi connectivity index (χ0v) is 27.9. The van der Waals surface area contributed by atoms with Crippen LogP contribution in [-0.4, -0.2) is 61.6 Å². The smallest absolute Gasteiger partial charge is 0.263 e. The molecule has 2 heterocycles. The van der Waals surface area contributed by atoms with E-state index in [0.29, 0.717) is 31.3 Å². The van der Waals surface area contributed by atoms with Crippen LogP contribution in [0.2, 0.25) is 0 Å². The van der Waals surface area contributed by atoms with Crippen LogP contribution in [0.15, 0.2) is 78.0 Å². The number of likely N-dealkylation sites (tertiary alicyclic amines) is 1. The van der Waals surface area contributed by atoms with E-state index in [2.05, 4.69) is 73.6 Å². The summed E-state index contributed by atoms with van der Waals surface area (Å²) in [7, 11) is -3.95. The van der Waals surface area contributed by atoms with E-state index in [4.69, 9.17) is 9.47 Å². The van der Waals surface area contributed by atoms with E-state index >= 15 is 0 Å². The van der Waals surface area contributed by atoms with Crippen LogP contribution < -0.4 is 9.46 Å². The van der Waals surface area contributed by atoms with Crippen LogP contribution in [-0.2, 0) is 20.2 Å². The Labute approximate surface area is 280 Å². The molecule has 1 aliphatic heterocycles. The molecule has 4 aromatic rings. The summed E-state index contributed by atoms with van der Waals surface area (Å²) in [6.07, 6.45) is 8.22. The van der Waals surface area contributed by atoms with Crippen LogP contribution in [0.4, 0.5) is 5.13 Å². The molecule has 1 atom stereocenters. The van der Waals surface area contributed by atoms with Gasteiger partial charge < -0.3 is 14.4 Å². The Balaban J connectivity index is 1.12. The lowest BCUT2D eigenvalue weighted by atomic mass is 9.54. The first-order valence-corrected chi connectivity index (χ1v) is 18.7. The van der Waals surface area contributed by atoms with Crippen LogP contribution in [0.1, 0.15) is 78.7 Å². The summed E-state index contributed by atoms with van der Waals surface area (Å²) >= 11 is 0.939. The number of benzene rings is 3. The number of nitrogens with one attached hydrogen (secondary N) is 1. The molecule has 3 aromatic carbocycles. The fourth-order valence-electron chi connectivity index (χ4n) is 7.78. The molecule has 4 aliphatic rings. The predicted octanol–water partition coefficient (Wildman–Crippen LogP) is 6.47. The fourth-order valence-corrected chi connectivity index (χ4v) is 9.47. The van der Waals surface area contributed by atoms with Crippen LogP contribution >= 0.6 is 11.5 Å².